The summed E-state index contributed by atoms with van der Waals surface area (Å²) in [6.07, 6.45) is 0. The lowest BCUT2D eigenvalue weighted by Gasteiger charge is -2.34. The zero-order valence-corrected chi connectivity index (χ0v) is 19.3. The van der Waals surface area contributed by atoms with Crippen LogP contribution in [0.4, 0.5) is 0 Å². The van der Waals surface area contributed by atoms with E-state index in [-0.39, 0.29) is 5.91 Å². The number of aryl methyl sites for hydroxylation is 1. The lowest BCUT2D eigenvalue weighted by atomic mass is 10.1. The fourth-order valence-electron chi connectivity index (χ4n) is 3.89. The Morgan fingerprint density at radius 2 is 1.45 bits per heavy atom. The first-order valence-electron chi connectivity index (χ1n) is 10.5. The molecule has 1 aromatic heterocycles. The van der Waals surface area contributed by atoms with Crippen LogP contribution in [-0.2, 0) is 13.1 Å². The third-order valence-corrected chi connectivity index (χ3v) is 6.60. The van der Waals surface area contributed by atoms with Crippen LogP contribution >= 0.6 is 23.2 Å². The van der Waals surface area contributed by atoms with E-state index in [2.05, 4.69) is 22.1 Å². The van der Waals surface area contributed by atoms with Crippen molar-refractivity contribution in [2.24, 2.45) is 0 Å². The lowest BCUT2D eigenvalue weighted by molar-refractivity contribution is 0.0628. The quantitative estimate of drug-likeness (QED) is 0.552. The molecule has 0 radical (unpaired) electrons. The zero-order valence-electron chi connectivity index (χ0n) is 17.8. The van der Waals surface area contributed by atoms with Crippen LogP contribution in [0.2, 0.25) is 10.0 Å². The average molecular weight is 457 g/mol. The summed E-state index contributed by atoms with van der Waals surface area (Å²) in [7, 11) is 0. The molecule has 1 amide bonds. The molecule has 3 aromatic rings. The molecule has 0 unspecified atom stereocenters. The van der Waals surface area contributed by atoms with E-state index in [1.807, 2.05) is 59.8 Å². The SMILES string of the molecule is Cc1nn(Cc2ccc(C(=O)N3CCN(Cc4ccc(Cl)cc4)CC3)cc2)c(C)c1Cl. The van der Waals surface area contributed by atoms with E-state index < -0.39 is 0 Å². The smallest absolute Gasteiger partial charge is 0.253 e. The molecule has 0 spiro atoms. The highest BCUT2D eigenvalue weighted by Gasteiger charge is 2.22. The predicted octanol–water partition coefficient (Wildman–Crippen LogP) is 4.81. The molecule has 4 rings (SSSR count). The molecule has 5 nitrogen and oxygen atoms in total. The van der Waals surface area contributed by atoms with E-state index in [0.717, 1.165) is 60.3 Å². The zero-order chi connectivity index (χ0) is 22.0. The molecule has 0 N–H and O–H groups in total. The number of halogens is 2. The van der Waals surface area contributed by atoms with Crippen LogP contribution in [0.1, 0.15) is 32.9 Å². The highest BCUT2D eigenvalue weighted by Crippen LogP contribution is 2.20. The number of rotatable bonds is 5. The van der Waals surface area contributed by atoms with Crippen molar-refractivity contribution in [3.8, 4) is 0 Å². The van der Waals surface area contributed by atoms with Gasteiger partial charge in [0.1, 0.15) is 0 Å². The van der Waals surface area contributed by atoms with E-state index in [0.29, 0.717) is 11.6 Å². The van der Waals surface area contributed by atoms with E-state index in [4.69, 9.17) is 23.2 Å². The summed E-state index contributed by atoms with van der Waals surface area (Å²) >= 11 is 12.2. The molecule has 0 atom stereocenters. The molecule has 2 heterocycles. The minimum absolute atomic E-state index is 0.0897. The molecule has 1 saturated heterocycles. The largest absolute Gasteiger partial charge is 0.336 e. The number of hydrogen-bond acceptors (Lipinski definition) is 3. The summed E-state index contributed by atoms with van der Waals surface area (Å²) in [5, 5.41) is 5.94. The van der Waals surface area contributed by atoms with E-state index in [1.54, 1.807) is 0 Å². The Hall–Kier alpha value is -2.34. The number of benzene rings is 2. The van der Waals surface area contributed by atoms with Gasteiger partial charge in [0.05, 0.1) is 23.0 Å². The van der Waals surface area contributed by atoms with Crippen molar-refractivity contribution in [2.45, 2.75) is 26.9 Å². The highest BCUT2D eigenvalue weighted by atomic mass is 35.5. The van der Waals surface area contributed by atoms with E-state index in [9.17, 15) is 4.79 Å². The minimum atomic E-state index is 0.0897. The monoisotopic (exact) mass is 456 g/mol. The maximum absolute atomic E-state index is 12.9. The van der Waals surface area contributed by atoms with Crippen molar-refractivity contribution < 1.29 is 4.79 Å². The van der Waals surface area contributed by atoms with Crippen molar-refractivity contribution in [1.29, 1.82) is 0 Å². The summed E-state index contributed by atoms with van der Waals surface area (Å²) in [6, 6.07) is 15.8. The Bertz CT molecular complexity index is 1050. The molecule has 1 aliphatic rings. The van der Waals surface area contributed by atoms with Gasteiger partial charge in [0, 0.05) is 43.3 Å². The fourth-order valence-corrected chi connectivity index (χ4v) is 4.16. The number of nitrogens with zero attached hydrogens (tertiary/aromatic N) is 4. The van der Waals surface area contributed by atoms with Crippen molar-refractivity contribution in [3.63, 3.8) is 0 Å². The predicted molar refractivity (Wildman–Crippen MR) is 125 cm³/mol. The highest BCUT2D eigenvalue weighted by molar-refractivity contribution is 6.31. The van der Waals surface area contributed by atoms with E-state index >= 15 is 0 Å². The molecule has 0 saturated carbocycles. The Kier molecular flexibility index (Phi) is 6.65. The first-order chi connectivity index (χ1) is 14.9. The third kappa shape index (κ3) is 5.12. The second-order valence-electron chi connectivity index (χ2n) is 8.03. The normalized spacial score (nSPS) is 14.8. The lowest BCUT2D eigenvalue weighted by Crippen LogP contribution is -2.48. The van der Waals surface area contributed by atoms with Gasteiger partial charge in [-0.3, -0.25) is 14.4 Å². The van der Waals surface area contributed by atoms with Crippen LogP contribution in [0, 0.1) is 13.8 Å². The second-order valence-corrected chi connectivity index (χ2v) is 8.85. The molecular weight excluding hydrogens is 431 g/mol. The fraction of sp³-hybridized carbons (Fsp3) is 0.333. The van der Waals surface area contributed by atoms with Crippen molar-refractivity contribution in [1.82, 2.24) is 19.6 Å². The number of amides is 1. The second kappa shape index (κ2) is 9.43. The maximum Gasteiger partial charge on any atom is 0.253 e. The topological polar surface area (TPSA) is 41.4 Å². The first kappa shape index (κ1) is 21.9. The molecular formula is C24H26Cl2N4O. The molecule has 1 aliphatic heterocycles. The Morgan fingerprint density at radius 3 is 2.03 bits per heavy atom. The number of carbonyl (C=O) groups excluding carboxylic acids is 1. The van der Waals surface area contributed by atoms with Gasteiger partial charge < -0.3 is 4.90 Å². The first-order valence-corrected chi connectivity index (χ1v) is 11.2. The molecule has 1 fully saturated rings. The van der Waals surface area contributed by atoms with Gasteiger partial charge in [-0.25, -0.2) is 0 Å². The van der Waals surface area contributed by atoms with Crippen LogP contribution < -0.4 is 0 Å². The summed E-state index contributed by atoms with van der Waals surface area (Å²) in [5.41, 5.74) is 4.84. The Morgan fingerprint density at radius 1 is 0.871 bits per heavy atom. The molecule has 162 valence electrons. The van der Waals surface area contributed by atoms with Gasteiger partial charge in [-0.1, -0.05) is 47.5 Å². The van der Waals surface area contributed by atoms with Crippen molar-refractivity contribution in [3.05, 3.63) is 86.7 Å². The maximum atomic E-state index is 12.9. The Labute approximate surface area is 193 Å². The van der Waals surface area contributed by atoms with Crippen LogP contribution in [0.25, 0.3) is 0 Å². The molecule has 0 aliphatic carbocycles. The molecule has 0 bridgehead atoms. The third-order valence-electron chi connectivity index (χ3n) is 5.81. The van der Waals surface area contributed by atoms with Gasteiger partial charge in [0.2, 0.25) is 0 Å². The molecule has 7 heteroatoms. The van der Waals surface area contributed by atoms with Crippen LogP contribution in [-0.4, -0.2) is 51.7 Å². The minimum Gasteiger partial charge on any atom is -0.336 e. The Balaban J connectivity index is 1.32. The van der Waals surface area contributed by atoms with Gasteiger partial charge in [-0.15, -0.1) is 0 Å². The van der Waals surface area contributed by atoms with Crippen molar-refractivity contribution >= 4 is 29.1 Å². The summed E-state index contributed by atoms with van der Waals surface area (Å²) in [4.78, 5) is 17.2. The van der Waals surface area contributed by atoms with Gasteiger partial charge in [0.25, 0.3) is 5.91 Å². The van der Waals surface area contributed by atoms with Crippen LogP contribution in [0.3, 0.4) is 0 Å². The number of piperazine rings is 1. The number of carbonyl (C=O) groups is 1. The van der Waals surface area contributed by atoms with Gasteiger partial charge in [-0.05, 0) is 49.2 Å². The van der Waals surface area contributed by atoms with Gasteiger partial charge in [0.15, 0.2) is 0 Å². The van der Waals surface area contributed by atoms with Gasteiger partial charge in [-0.2, -0.15) is 5.10 Å². The van der Waals surface area contributed by atoms with Crippen LogP contribution in [0.5, 0.6) is 0 Å². The van der Waals surface area contributed by atoms with Crippen molar-refractivity contribution in [2.75, 3.05) is 26.2 Å². The molecule has 2 aromatic carbocycles. The average Bonchev–Trinajstić information content (AvgIpc) is 3.02. The summed E-state index contributed by atoms with van der Waals surface area (Å²) in [5.74, 6) is 0.0897. The van der Waals surface area contributed by atoms with Crippen LogP contribution in [0.15, 0.2) is 48.5 Å². The standard InChI is InChI=1S/C24H26Cl2N4O/c1-17-23(26)18(2)30(27-17)16-20-3-7-21(8-4-20)24(31)29-13-11-28(12-14-29)15-19-5-9-22(25)10-6-19/h3-10H,11-16H2,1-2H3. The summed E-state index contributed by atoms with van der Waals surface area (Å²) < 4.78 is 1.90. The summed E-state index contributed by atoms with van der Waals surface area (Å²) in [6.45, 7) is 8.59. The number of aromatic nitrogens is 2. The molecule has 31 heavy (non-hydrogen) atoms. The number of hydrogen-bond donors (Lipinski definition) is 0. The van der Waals surface area contributed by atoms with Gasteiger partial charge >= 0.3 is 0 Å². The van der Waals surface area contributed by atoms with E-state index in [1.165, 1.54) is 5.56 Å².